The molecule has 0 fully saturated rings. The smallest absolute Gasteiger partial charge is 0.310 e. The van der Waals surface area contributed by atoms with Gasteiger partial charge in [-0.05, 0) is 36.1 Å². The second-order valence-electron chi connectivity index (χ2n) is 4.58. The number of carbonyl (C=O) groups is 1. The van der Waals surface area contributed by atoms with E-state index in [1.165, 1.54) is 0 Å². The molecule has 0 aliphatic heterocycles. The van der Waals surface area contributed by atoms with Crippen molar-refractivity contribution >= 4 is 29.2 Å². The normalized spacial score (nSPS) is 12.1. The quantitative estimate of drug-likeness (QED) is 0.862. The van der Waals surface area contributed by atoms with Crippen LogP contribution in [-0.2, 0) is 11.2 Å². The summed E-state index contributed by atoms with van der Waals surface area (Å²) in [7, 11) is 0. The van der Waals surface area contributed by atoms with E-state index in [4.69, 9.17) is 23.2 Å². The summed E-state index contributed by atoms with van der Waals surface area (Å²) in [5.74, 6) is -1.34. The van der Waals surface area contributed by atoms with Gasteiger partial charge >= 0.3 is 5.97 Å². The number of rotatable bonds is 5. The van der Waals surface area contributed by atoms with E-state index in [0.29, 0.717) is 22.9 Å². The molecule has 0 bridgehead atoms. The van der Waals surface area contributed by atoms with Gasteiger partial charge in [-0.25, -0.2) is 0 Å². The Morgan fingerprint density at radius 2 is 1.80 bits per heavy atom. The van der Waals surface area contributed by atoms with Gasteiger partial charge in [-0.15, -0.1) is 0 Å². The fourth-order valence-corrected chi connectivity index (χ4v) is 2.65. The summed E-state index contributed by atoms with van der Waals surface area (Å²) in [6.07, 6.45) is 1.10. The van der Waals surface area contributed by atoms with Gasteiger partial charge in [0.05, 0.1) is 5.92 Å². The van der Waals surface area contributed by atoms with E-state index >= 15 is 0 Å². The zero-order valence-corrected chi connectivity index (χ0v) is 12.2. The lowest BCUT2D eigenvalue weighted by Gasteiger charge is -2.13. The SMILES string of the molecule is O=C(O)C(CCc1ccc(Cl)cc1Cl)c1ccccc1. The van der Waals surface area contributed by atoms with Crippen molar-refractivity contribution in [3.8, 4) is 0 Å². The van der Waals surface area contributed by atoms with Crippen LogP contribution in [0.1, 0.15) is 23.5 Å². The average molecular weight is 309 g/mol. The van der Waals surface area contributed by atoms with Crippen LogP contribution < -0.4 is 0 Å². The van der Waals surface area contributed by atoms with E-state index in [-0.39, 0.29) is 0 Å². The highest BCUT2D eigenvalue weighted by Gasteiger charge is 2.19. The summed E-state index contributed by atoms with van der Waals surface area (Å²) >= 11 is 12.0. The van der Waals surface area contributed by atoms with E-state index in [2.05, 4.69) is 0 Å². The fourth-order valence-electron chi connectivity index (χ4n) is 2.14. The molecular formula is C16H14Cl2O2. The molecule has 2 rings (SSSR count). The molecule has 0 saturated heterocycles. The second kappa shape index (κ2) is 6.78. The first-order valence-electron chi connectivity index (χ1n) is 6.29. The first kappa shape index (κ1) is 14.9. The molecule has 0 aliphatic carbocycles. The van der Waals surface area contributed by atoms with Crippen LogP contribution in [0, 0.1) is 0 Å². The molecule has 0 aromatic heterocycles. The molecule has 0 aliphatic rings. The van der Waals surface area contributed by atoms with Crippen LogP contribution in [-0.4, -0.2) is 11.1 Å². The van der Waals surface area contributed by atoms with Crippen molar-refractivity contribution in [1.82, 2.24) is 0 Å². The molecule has 1 N–H and O–H groups in total. The van der Waals surface area contributed by atoms with E-state index < -0.39 is 11.9 Å². The van der Waals surface area contributed by atoms with Crippen LogP contribution in [0.4, 0.5) is 0 Å². The average Bonchev–Trinajstić information content (AvgIpc) is 2.42. The Morgan fingerprint density at radius 3 is 2.40 bits per heavy atom. The second-order valence-corrected chi connectivity index (χ2v) is 5.42. The summed E-state index contributed by atoms with van der Waals surface area (Å²) in [5.41, 5.74) is 1.73. The van der Waals surface area contributed by atoms with Crippen LogP contribution in [0.2, 0.25) is 10.0 Å². The molecule has 2 aromatic carbocycles. The minimum Gasteiger partial charge on any atom is -0.481 e. The lowest BCUT2D eigenvalue weighted by atomic mass is 9.92. The molecule has 20 heavy (non-hydrogen) atoms. The number of hydrogen-bond donors (Lipinski definition) is 1. The highest BCUT2D eigenvalue weighted by atomic mass is 35.5. The number of benzene rings is 2. The van der Waals surface area contributed by atoms with Gasteiger partial charge in [-0.1, -0.05) is 59.6 Å². The van der Waals surface area contributed by atoms with Crippen molar-refractivity contribution in [2.45, 2.75) is 18.8 Å². The maximum atomic E-state index is 11.4. The van der Waals surface area contributed by atoms with E-state index in [0.717, 1.165) is 11.1 Å². The van der Waals surface area contributed by atoms with Crippen LogP contribution in [0.5, 0.6) is 0 Å². The molecule has 1 unspecified atom stereocenters. The Hall–Kier alpha value is -1.51. The van der Waals surface area contributed by atoms with E-state index in [1.54, 1.807) is 12.1 Å². The summed E-state index contributed by atoms with van der Waals surface area (Å²) < 4.78 is 0. The van der Waals surface area contributed by atoms with Crippen molar-refractivity contribution in [3.63, 3.8) is 0 Å². The highest BCUT2D eigenvalue weighted by Crippen LogP contribution is 2.26. The number of aryl methyl sites for hydroxylation is 1. The number of hydrogen-bond acceptors (Lipinski definition) is 1. The molecule has 0 spiro atoms. The summed E-state index contributed by atoms with van der Waals surface area (Å²) in [6.45, 7) is 0. The van der Waals surface area contributed by atoms with Crippen LogP contribution in [0.15, 0.2) is 48.5 Å². The first-order valence-corrected chi connectivity index (χ1v) is 7.05. The third-order valence-electron chi connectivity index (χ3n) is 3.22. The Labute approximate surface area is 128 Å². The summed E-state index contributed by atoms with van der Waals surface area (Å²) in [5, 5.41) is 10.5. The van der Waals surface area contributed by atoms with E-state index in [9.17, 15) is 9.90 Å². The third-order valence-corrected chi connectivity index (χ3v) is 3.80. The van der Waals surface area contributed by atoms with Crippen molar-refractivity contribution in [2.24, 2.45) is 0 Å². The Balaban J connectivity index is 2.12. The molecular weight excluding hydrogens is 295 g/mol. The summed E-state index contributed by atoms with van der Waals surface area (Å²) in [4.78, 5) is 11.4. The van der Waals surface area contributed by atoms with Gasteiger partial charge in [0.1, 0.15) is 0 Å². The van der Waals surface area contributed by atoms with Crippen molar-refractivity contribution in [2.75, 3.05) is 0 Å². The Bertz CT molecular complexity index is 597. The zero-order valence-electron chi connectivity index (χ0n) is 10.7. The third kappa shape index (κ3) is 3.75. The van der Waals surface area contributed by atoms with Gasteiger partial charge < -0.3 is 5.11 Å². The van der Waals surface area contributed by atoms with Gasteiger partial charge in [0, 0.05) is 10.0 Å². The lowest BCUT2D eigenvalue weighted by Crippen LogP contribution is -2.12. The molecule has 2 nitrogen and oxygen atoms in total. The largest absolute Gasteiger partial charge is 0.481 e. The van der Waals surface area contributed by atoms with Gasteiger partial charge in [-0.3, -0.25) is 4.79 Å². The van der Waals surface area contributed by atoms with Crippen molar-refractivity contribution < 1.29 is 9.90 Å². The Kier molecular flexibility index (Phi) is 5.05. The molecule has 2 aromatic rings. The predicted molar refractivity (Wildman–Crippen MR) is 81.6 cm³/mol. The van der Waals surface area contributed by atoms with Gasteiger partial charge in [-0.2, -0.15) is 0 Å². The van der Waals surface area contributed by atoms with Crippen LogP contribution >= 0.6 is 23.2 Å². The Morgan fingerprint density at radius 1 is 1.10 bits per heavy atom. The number of carboxylic acids is 1. The maximum absolute atomic E-state index is 11.4. The number of aliphatic carboxylic acids is 1. The van der Waals surface area contributed by atoms with E-state index in [1.807, 2.05) is 36.4 Å². The van der Waals surface area contributed by atoms with Gasteiger partial charge in [0.15, 0.2) is 0 Å². The molecule has 0 saturated carbocycles. The minimum atomic E-state index is -0.818. The number of halogens is 2. The zero-order chi connectivity index (χ0) is 14.5. The molecule has 4 heteroatoms. The monoisotopic (exact) mass is 308 g/mol. The van der Waals surface area contributed by atoms with Crippen LogP contribution in [0.3, 0.4) is 0 Å². The van der Waals surface area contributed by atoms with Crippen molar-refractivity contribution in [1.29, 1.82) is 0 Å². The summed E-state index contributed by atoms with van der Waals surface area (Å²) in [6, 6.07) is 14.5. The van der Waals surface area contributed by atoms with Crippen LogP contribution in [0.25, 0.3) is 0 Å². The maximum Gasteiger partial charge on any atom is 0.310 e. The molecule has 0 heterocycles. The predicted octanol–water partition coefficient (Wildman–Crippen LogP) is 4.79. The molecule has 104 valence electrons. The number of carboxylic acid groups (broad SMARTS) is 1. The standard InChI is InChI=1S/C16H14Cl2O2/c17-13-8-6-12(15(18)10-13)7-9-14(16(19)20)11-4-2-1-3-5-11/h1-6,8,10,14H,7,9H2,(H,19,20). The lowest BCUT2D eigenvalue weighted by molar-refractivity contribution is -0.138. The molecule has 0 amide bonds. The fraction of sp³-hybridized carbons (Fsp3) is 0.188. The topological polar surface area (TPSA) is 37.3 Å². The van der Waals surface area contributed by atoms with Gasteiger partial charge in [0.25, 0.3) is 0 Å². The molecule has 0 radical (unpaired) electrons. The van der Waals surface area contributed by atoms with Crippen molar-refractivity contribution in [3.05, 3.63) is 69.7 Å². The minimum absolute atomic E-state index is 0.501. The van der Waals surface area contributed by atoms with Gasteiger partial charge in [0.2, 0.25) is 0 Å². The highest BCUT2D eigenvalue weighted by molar-refractivity contribution is 6.35. The first-order chi connectivity index (χ1) is 9.58. The molecule has 1 atom stereocenters.